The van der Waals surface area contributed by atoms with E-state index < -0.39 is 16.0 Å². The maximum Gasteiger partial charge on any atom is 0.348 e. The summed E-state index contributed by atoms with van der Waals surface area (Å²) in [6, 6.07) is 3.21. The first-order valence-electron chi connectivity index (χ1n) is 6.38. The van der Waals surface area contributed by atoms with E-state index in [0.717, 1.165) is 11.3 Å². The molecule has 0 aliphatic carbocycles. The lowest BCUT2D eigenvalue weighted by molar-refractivity contribution is 0.0703. The third kappa shape index (κ3) is 2.55. The fourth-order valence-corrected chi connectivity index (χ4v) is 4.65. The molecule has 0 spiro atoms. The summed E-state index contributed by atoms with van der Waals surface area (Å²) < 4.78 is 32.4. The molecule has 10 heteroatoms. The first-order chi connectivity index (χ1) is 10.8. The highest BCUT2D eigenvalue weighted by Gasteiger charge is 2.28. The lowest BCUT2D eigenvalue weighted by Crippen LogP contribution is -2.16. The molecule has 8 nitrogen and oxygen atoms in total. The van der Waals surface area contributed by atoms with E-state index in [0.29, 0.717) is 10.2 Å². The molecule has 3 rings (SSSR count). The Balaban J connectivity index is 2.18. The largest absolute Gasteiger partial charge is 0.477 e. The number of nitrogens with zero attached hydrogens (tertiary/aromatic N) is 2. The van der Waals surface area contributed by atoms with Crippen LogP contribution in [0.15, 0.2) is 27.7 Å². The van der Waals surface area contributed by atoms with Gasteiger partial charge in [-0.1, -0.05) is 5.16 Å². The number of aryl methyl sites for hydroxylation is 2. The van der Waals surface area contributed by atoms with E-state index in [2.05, 4.69) is 14.9 Å². The average molecular weight is 353 g/mol. The number of carboxylic acid groups (broad SMARTS) is 1. The molecule has 0 bridgehead atoms. The summed E-state index contributed by atoms with van der Waals surface area (Å²) in [6.07, 6.45) is 1.51. The van der Waals surface area contributed by atoms with Gasteiger partial charge in [0.1, 0.15) is 15.4 Å². The number of aromatic nitrogens is 2. The van der Waals surface area contributed by atoms with Crippen molar-refractivity contribution in [1.29, 1.82) is 0 Å². The van der Waals surface area contributed by atoms with E-state index in [1.165, 1.54) is 20.0 Å². The first-order valence-corrected chi connectivity index (χ1v) is 8.67. The second-order valence-electron chi connectivity index (χ2n) is 4.73. The minimum atomic E-state index is -4.04. The van der Waals surface area contributed by atoms with Crippen LogP contribution in [-0.2, 0) is 10.0 Å². The van der Waals surface area contributed by atoms with Crippen LogP contribution < -0.4 is 4.72 Å². The number of carbonyl (C=O) groups is 1. The van der Waals surface area contributed by atoms with E-state index in [1.54, 1.807) is 12.1 Å². The van der Waals surface area contributed by atoms with Crippen LogP contribution in [0.4, 0.5) is 5.69 Å². The molecular formula is C13H11N3O5S2. The van der Waals surface area contributed by atoms with Crippen LogP contribution in [0.1, 0.15) is 21.1 Å². The minimum Gasteiger partial charge on any atom is -0.477 e. The molecule has 0 saturated carbocycles. The highest BCUT2D eigenvalue weighted by atomic mass is 32.2. The molecule has 0 unspecified atom stereocenters. The van der Waals surface area contributed by atoms with Gasteiger partial charge in [0.05, 0.1) is 5.69 Å². The van der Waals surface area contributed by atoms with Gasteiger partial charge in [0.15, 0.2) is 10.7 Å². The summed E-state index contributed by atoms with van der Waals surface area (Å²) in [4.78, 5) is 15.7. The molecule has 0 aliphatic heterocycles. The second kappa shape index (κ2) is 5.32. The molecule has 2 N–H and O–H groups in total. The zero-order valence-electron chi connectivity index (χ0n) is 12.0. The quantitative estimate of drug-likeness (QED) is 0.738. The molecule has 0 aliphatic rings. The zero-order chi connectivity index (χ0) is 16.8. The Kier molecular flexibility index (Phi) is 3.57. The Morgan fingerprint density at radius 1 is 1.39 bits per heavy atom. The molecule has 0 saturated heterocycles. The smallest absolute Gasteiger partial charge is 0.348 e. The number of hydrogen-bond acceptors (Lipinski definition) is 7. The number of nitrogens with one attached hydrogen (secondary N) is 1. The van der Waals surface area contributed by atoms with Gasteiger partial charge in [0.25, 0.3) is 10.0 Å². The number of sulfonamides is 1. The van der Waals surface area contributed by atoms with Crippen molar-refractivity contribution in [2.45, 2.75) is 18.7 Å². The molecule has 0 aromatic carbocycles. The number of thiophene rings is 1. The fourth-order valence-electron chi connectivity index (χ4n) is 2.23. The van der Waals surface area contributed by atoms with Crippen LogP contribution in [0.3, 0.4) is 0 Å². The van der Waals surface area contributed by atoms with Crippen molar-refractivity contribution >= 4 is 43.2 Å². The average Bonchev–Trinajstić information content (AvgIpc) is 3.00. The number of aromatic carboxylic acids is 1. The van der Waals surface area contributed by atoms with Gasteiger partial charge < -0.3 is 9.63 Å². The van der Waals surface area contributed by atoms with E-state index in [-0.39, 0.29) is 26.9 Å². The second-order valence-corrected chi connectivity index (χ2v) is 7.34. The van der Waals surface area contributed by atoms with Gasteiger partial charge in [-0.05, 0) is 26.0 Å². The standard InChI is InChI=1S/C13H11N3O5S2/c1-6-11(7(2)21-15-6)23(19,20)16-9-8-4-3-5-14-12(8)22-10(9)13(17)18/h3-5,16H,1-2H3,(H,17,18). The van der Waals surface area contributed by atoms with Gasteiger partial charge in [0.2, 0.25) is 0 Å². The van der Waals surface area contributed by atoms with Gasteiger partial charge >= 0.3 is 5.97 Å². The predicted octanol–water partition coefficient (Wildman–Crippen LogP) is 2.40. The number of rotatable bonds is 4. The van der Waals surface area contributed by atoms with Crippen LogP contribution in [0, 0.1) is 13.8 Å². The Hall–Kier alpha value is -2.46. The molecule has 0 atom stereocenters. The minimum absolute atomic E-state index is 0.00870. The molecule has 0 radical (unpaired) electrons. The van der Waals surface area contributed by atoms with Gasteiger partial charge in [0, 0.05) is 11.6 Å². The Bertz CT molecular complexity index is 1000. The molecular weight excluding hydrogens is 342 g/mol. The van der Waals surface area contributed by atoms with Crippen LogP contribution in [0.5, 0.6) is 0 Å². The van der Waals surface area contributed by atoms with E-state index in [4.69, 9.17) is 4.52 Å². The van der Waals surface area contributed by atoms with Gasteiger partial charge in [-0.25, -0.2) is 18.2 Å². The van der Waals surface area contributed by atoms with Crippen molar-refractivity contribution in [3.8, 4) is 0 Å². The fraction of sp³-hybridized carbons (Fsp3) is 0.154. The molecule has 0 amide bonds. The number of anilines is 1. The summed E-state index contributed by atoms with van der Waals surface area (Å²) in [5, 5.41) is 13.4. The lowest BCUT2D eigenvalue weighted by atomic mass is 10.3. The molecule has 0 fully saturated rings. The summed E-state index contributed by atoms with van der Waals surface area (Å²) in [6.45, 7) is 2.97. The molecule has 3 heterocycles. The topological polar surface area (TPSA) is 122 Å². The molecule has 23 heavy (non-hydrogen) atoms. The van der Waals surface area contributed by atoms with Crippen molar-refractivity contribution in [2.24, 2.45) is 0 Å². The lowest BCUT2D eigenvalue weighted by Gasteiger charge is -2.07. The Morgan fingerprint density at radius 3 is 2.74 bits per heavy atom. The third-order valence-corrected chi connectivity index (χ3v) is 5.83. The first kappa shape index (κ1) is 15.4. The monoisotopic (exact) mass is 353 g/mol. The maximum absolute atomic E-state index is 12.6. The van der Waals surface area contributed by atoms with Crippen LogP contribution in [0.2, 0.25) is 0 Å². The SMILES string of the molecule is Cc1noc(C)c1S(=O)(=O)Nc1c(C(=O)O)sc2ncccc12. The third-order valence-electron chi connectivity index (χ3n) is 3.13. The summed E-state index contributed by atoms with van der Waals surface area (Å²) in [5.74, 6) is -1.10. The Labute approximate surface area is 134 Å². The normalized spacial score (nSPS) is 11.7. The highest BCUT2D eigenvalue weighted by molar-refractivity contribution is 7.92. The predicted molar refractivity (Wildman–Crippen MR) is 83.4 cm³/mol. The van der Waals surface area contributed by atoms with Gasteiger partial charge in [-0.2, -0.15) is 0 Å². The number of pyridine rings is 1. The van der Waals surface area contributed by atoms with Crippen molar-refractivity contribution < 1.29 is 22.8 Å². The summed E-state index contributed by atoms with van der Waals surface area (Å²) in [5.41, 5.74) is 0.190. The van der Waals surface area contributed by atoms with Crippen molar-refractivity contribution in [1.82, 2.24) is 10.1 Å². The number of carboxylic acids is 1. The summed E-state index contributed by atoms with van der Waals surface area (Å²) in [7, 11) is -4.04. The molecule has 3 aromatic rings. The van der Waals surface area contributed by atoms with Crippen molar-refractivity contribution in [3.63, 3.8) is 0 Å². The maximum atomic E-state index is 12.6. The van der Waals surface area contributed by atoms with E-state index in [1.807, 2.05) is 0 Å². The Morgan fingerprint density at radius 2 is 2.13 bits per heavy atom. The van der Waals surface area contributed by atoms with Crippen molar-refractivity contribution in [3.05, 3.63) is 34.7 Å². The van der Waals surface area contributed by atoms with E-state index >= 15 is 0 Å². The van der Waals surface area contributed by atoms with Crippen LogP contribution in [0.25, 0.3) is 10.2 Å². The van der Waals surface area contributed by atoms with Crippen LogP contribution in [-0.4, -0.2) is 29.6 Å². The van der Waals surface area contributed by atoms with Gasteiger partial charge in [-0.3, -0.25) is 4.72 Å². The van der Waals surface area contributed by atoms with Crippen LogP contribution >= 0.6 is 11.3 Å². The number of hydrogen-bond donors (Lipinski definition) is 2. The zero-order valence-corrected chi connectivity index (χ0v) is 13.7. The molecule has 3 aromatic heterocycles. The summed E-state index contributed by atoms with van der Waals surface area (Å²) >= 11 is 0.902. The number of fused-ring (bicyclic) bond motifs is 1. The van der Waals surface area contributed by atoms with Crippen molar-refractivity contribution in [2.75, 3.05) is 4.72 Å². The highest BCUT2D eigenvalue weighted by Crippen LogP contribution is 2.36. The molecule has 120 valence electrons. The van der Waals surface area contributed by atoms with E-state index in [9.17, 15) is 18.3 Å². The van der Waals surface area contributed by atoms with Gasteiger partial charge in [-0.15, -0.1) is 11.3 Å².